The normalized spacial score (nSPS) is 37.4. The van der Waals surface area contributed by atoms with E-state index in [2.05, 4.69) is 10.9 Å². The second-order valence-corrected chi connectivity index (χ2v) is 8.94. The number of hydrazine groups is 1. The van der Waals surface area contributed by atoms with Crippen molar-refractivity contribution < 1.29 is 9.59 Å². The molecule has 4 bridgehead atoms. The molecule has 4 heteroatoms. The van der Waals surface area contributed by atoms with Crippen LogP contribution in [0.5, 0.6) is 0 Å². The van der Waals surface area contributed by atoms with Crippen molar-refractivity contribution in [2.24, 2.45) is 28.6 Å². The number of hydrogen-bond acceptors (Lipinski definition) is 2. The van der Waals surface area contributed by atoms with E-state index in [1.165, 1.54) is 19.3 Å². The highest BCUT2D eigenvalue weighted by atomic mass is 16.2. The van der Waals surface area contributed by atoms with Gasteiger partial charge in [-0.1, -0.05) is 20.8 Å². The molecule has 4 fully saturated rings. The van der Waals surface area contributed by atoms with Crippen LogP contribution in [0.15, 0.2) is 0 Å². The van der Waals surface area contributed by atoms with Crippen LogP contribution < -0.4 is 10.9 Å². The van der Waals surface area contributed by atoms with E-state index in [4.69, 9.17) is 0 Å². The Labute approximate surface area is 127 Å². The van der Waals surface area contributed by atoms with Gasteiger partial charge in [0.05, 0.1) is 5.41 Å². The molecule has 0 aliphatic heterocycles. The summed E-state index contributed by atoms with van der Waals surface area (Å²) in [6, 6.07) is 0. The Bertz CT molecular complexity index is 415. The Morgan fingerprint density at radius 1 is 0.952 bits per heavy atom. The molecule has 0 saturated heterocycles. The third-order valence-electron chi connectivity index (χ3n) is 5.53. The molecular weight excluding hydrogens is 264 g/mol. The zero-order chi connectivity index (χ0) is 15.3. The van der Waals surface area contributed by atoms with Crippen molar-refractivity contribution in [2.45, 2.75) is 65.7 Å². The van der Waals surface area contributed by atoms with Gasteiger partial charge in [0.25, 0.3) is 0 Å². The molecule has 0 unspecified atom stereocenters. The fourth-order valence-electron chi connectivity index (χ4n) is 5.17. The first kappa shape index (κ1) is 14.9. The molecule has 0 aromatic rings. The van der Waals surface area contributed by atoms with Crippen molar-refractivity contribution in [1.29, 1.82) is 0 Å². The third kappa shape index (κ3) is 3.09. The van der Waals surface area contributed by atoms with Crippen LogP contribution in [0.1, 0.15) is 65.7 Å². The molecule has 0 atom stereocenters. The molecule has 0 radical (unpaired) electrons. The minimum absolute atomic E-state index is 0.0591. The van der Waals surface area contributed by atoms with Gasteiger partial charge in [-0.05, 0) is 61.7 Å². The van der Waals surface area contributed by atoms with Gasteiger partial charge < -0.3 is 0 Å². The average Bonchev–Trinajstić information content (AvgIpc) is 2.32. The molecule has 4 saturated carbocycles. The van der Waals surface area contributed by atoms with Gasteiger partial charge in [-0.2, -0.15) is 0 Å². The molecule has 0 spiro atoms. The Morgan fingerprint density at radius 3 is 1.86 bits per heavy atom. The monoisotopic (exact) mass is 292 g/mol. The fourth-order valence-corrected chi connectivity index (χ4v) is 5.17. The van der Waals surface area contributed by atoms with E-state index >= 15 is 0 Å². The summed E-state index contributed by atoms with van der Waals surface area (Å²) >= 11 is 0. The van der Waals surface area contributed by atoms with Crippen LogP contribution in [0.2, 0.25) is 0 Å². The van der Waals surface area contributed by atoms with Crippen LogP contribution in [0.25, 0.3) is 0 Å². The maximum atomic E-state index is 12.6. The first-order valence-electron chi connectivity index (χ1n) is 8.35. The molecular formula is C17H28N2O2. The highest BCUT2D eigenvalue weighted by molar-refractivity contribution is 5.86. The van der Waals surface area contributed by atoms with E-state index in [0.29, 0.717) is 6.42 Å². The Kier molecular flexibility index (Phi) is 3.53. The second-order valence-electron chi connectivity index (χ2n) is 8.94. The third-order valence-corrected chi connectivity index (χ3v) is 5.53. The Morgan fingerprint density at radius 2 is 1.43 bits per heavy atom. The van der Waals surface area contributed by atoms with Crippen molar-refractivity contribution in [2.75, 3.05) is 0 Å². The van der Waals surface area contributed by atoms with Gasteiger partial charge in [0.1, 0.15) is 0 Å². The highest BCUT2D eigenvalue weighted by Gasteiger charge is 2.54. The zero-order valence-corrected chi connectivity index (χ0v) is 13.5. The maximum absolute atomic E-state index is 12.6. The van der Waals surface area contributed by atoms with Crippen molar-refractivity contribution in [1.82, 2.24) is 10.9 Å². The lowest BCUT2D eigenvalue weighted by molar-refractivity contribution is -0.149. The SMILES string of the molecule is CC(C)(C)CC(=O)NNC(=O)C12CC3CC(CC(C3)C1)C2. The van der Waals surface area contributed by atoms with Crippen LogP contribution in [0.4, 0.5) is 0 Å². The fraction of sp³-hybridized carbons (Fsp3) is 0.882. The van der Waals surface area contributed by atoms with Crippen LogP contribution in [0, 0.1) is 28.6 Å². The molecule has 4 aliphatic carbocycles. The topological polar surface area (TPSA) is 58.2 Å². The van der Waals surface area contributed by atoms with Gasteiger partial charge in [-0.15, -0.1) is 0 Å². The van der Waals surface area contributed by atoms with Gasteiger partial charge >= 0.3 is 0 Å². The van der Waals surface area contributed by atoms with Crippen molar-refractivity contribution >= 4 is 11.8 Å². The smallest absolute Gasteiger partial charge is 0.244 e. The molecule has 4 aliphatic rings. The molecule has 2 amide bonds. The lowest BCUT2D eigenvalue weighted by Crippen LogP contribution is -2.56. The molecule has 21 heavy (non-hydrogen) atoms. The van der Waals surface area contributed by atoms with Crippen molar-refractivity contribution in [3.05, 3.63) is 0 Å². The van der Waals surface area contributed by atoms with Gasteiger partial charge in [-0.25, -0.2) is 0 Å². The van der Waals surface area contributed by atoms with Gasteiger partial charge in [0, 0.05) is 6.42 Å². The lowest BCUT2D eigenvalue weighted by Gasteiger charge is -2.55. The van der Waals surface area contributed by atoms with Crippen LogP contribution in [0.3, 0.4) is 0 Å². The Hall–Kier alpha value is -1.06. The predicted octanol–water partition coefficient (Wildman–Crippen LogP) is 2.79. The summed E-state index contributed by atoms with van der Waals surface area (Å²) in [4.78, 5) is 24.5. The molecule has 0 aromatic carbocycles. The molecule has 0 heterocycles. The first-order chi connectivity index (χ1) is 9.76. The molecule has 4 rings (SSSR count). The lowest BCUT2D eigenvalue weighted by atomic mass is 9.49. The van der Waals surface area contributed by atoms with E-state index in [9.17, 15) is 9.59 Å². The molecule has 2 N–H and O–H groups in total. The average molecular weight is 292 g/mol. The van der Waals surface area contributed by atoms with Gasteiger partial charge in [-0.3, -0.25) is 20.4 Å². The summed E-state index contributed by atoms with van der Waals surface area (Å²) in [5.74, 6) is 2.19. The van der Waals surface area contributed by atoms with E-state index in [1.54, 1.807) is 0 Å². The summed E-state index contributed by atoms with van der Waals surface area (Å²) in [5.41, 5.74) is 5.10. The van der Waals surface area contributed by atoms with E-state index in [0.717, 1.165) is 37.0 Å². The highest BCUT2D eigenvalue weighted by Crippen LogP contribution is 2.59. The molecule has 0 aromatic heterocycles. The number of amides is 2. The summed E-state index contributed by atoms with van der Waals surface area (Å²) in [7, 11) is 0. The van der Waals surface area contributed by atoms with Gasteiger partial charge in [0.15, 0.2) is 0 Å². The number of hydrogen-bond donors (Lipinski definition) is 2. The largest absolute Gasteiger partial charge is 0.273 e. The summed E-state index contributed by atoms with van der Waals surface area (Å²) in [6.07, 6.45) is 7.48. The summed E-state index contributed by atoms with van der Waals surface area (Å²) in [6.45, 7) is 6.06. The van der Waals surface area contributed by atoms with Crippen LogP contribution >= 0.6 is 0 Å². The van der Waals surface area contributed by atoms with E-state index < -0.39 is 0 Å². The minimum atomic E-state index is -0.191. The zero-order valence-electron chi connectivity index (χ0n) is 13.5. The number of nitrogens with one attached hydrogen (secondary N) is 2. The summed E-state index contributed by atoms with van der Waals surface area (Å²) < 4.78 is 0. The van der Waals surface area contributed by atoms with Crippen molar-refractivity contribution in [3.8, 4) is 0 Å². The molecule has 4 nitrogen and oxygen atoms in total. The number of rotatable bonds is 2. The predicted molar refractivity (Wildman–Crippen MR) is 81.0 cm³/mol. The first-order valence-corrected chi connectivity index (χ1v) is 8.35. The Balaban J connectivity index is 1.57. The quantitative estimate of drug-likeness (QED) is 0.769. The van der Waals surface area contributed by atoms with Crippen LogP contribution in [-0.2, 0) is 9.59 Å². The maximum Gasteiger partial charge on any atom is 0.244 e. The number of carbonyl (C=O) groups excluding carboxylic acids is 2. The minimum Gasteiger partial charge on any atom is -0.273 e. The van der Waals surface area contributed by atoms with E-state index in [1.807, 2.05) is 20.8 Å². The van der Waals surface area contributed by atoms with Gasteiger partial charge in [0.2, 0.25) is 11.8 Å². The number of carbonyl (C=O) groups is 2. The summed E-state index contributed by atoms with van der Waals surface area (Å²) in [5, 5.41) is 0. The standard InChI is InChI=1S/C17H28N2O2/c1-16(2,3)10-14(20)18-19-15(21)17-7-11-4-12(8-17)6-13(5-11)9-17/h11-13H,4-10H2,1-3H3,(H,18,20)(H,19,21). The van der Waals surface area contributed by atoms with E-state index in [-0.39, 0.29) is 22.6 Å². The molecule has 118 valence electrons. The second kappa shape index (κ2) is 4.99. The van der Waals surface area contributed by atoms with Crippen molar-refractivity contribution in [3.63, 3.8) is 0 Å². The van der Waals surface area contributed by atoms with Crippen LogP contribution in [-0.4, -0.2) is 11.8 Å².